The van der Waals surface area contributed by atoms with E-state index in [2.05, 4.69) is 24.9 Å². The lowest BCUT2D eigenvalue weighted by Gasteiger charge is -2.25. The summed E-state index contributed by atoms with van der Waals surface area (Å²) in [5.41, 5.74) is 4.62. The van der Waals surface area contributed by atoms with Crippen molar-refractivity contribution in [2.75, 3.05) is 6.61 Å². The van der Waals surface area contributed by atoms with E-state index in [1.54, 1.807) is 54.8 Å². The second-order valence-corrected chi connectivity index (χ2v) is 11.8. The Labute approximate surface area is 258 Å². The van der Waals surface area contributed by atoms with E-state index in [4.69, 9.17) is 26.3 Å². The van der Waals surface area contributed by atoms with Crippen LogP contribution in [0.3, 0.4) is 0 Å². The highest BCUT2D eigenvalue weighted by atomic mass is 35.5. The highest BCUT2D eigenvalue weighted by molar-refractivity contribution is 7.07. The van der Waals surface area contributed by atoms with Crippen LogP contribution in [0, 0.1) is 11.3 Å². The van der Waals surface area contributed by atoms with Crippen LogP contribution in [0.5, 0.6) is 5.75 Å². The van der Waals surface area contributed by atoms with Crippen LogP contribution in [0.4, 0.5) is 0 Å². The number of halogens is 1. The smallest absolute Gasteiger partial charge is 0.338 e. The molecule has 3 aromatic carbocycles. The number of carbonyl (C=O) groups is 1. The van der Waals surface area contributed by atoms with Gasteiger partial charge in [0.15, 0.2) is 4.80 Å². The third kappa shape index (κ3) is 6.34. The topological polar surface area (TPSA) is 93.7 Å². The van der Waals surface area contributed by atoms with Gasteiger partial charge in [-0.15, -0.1) is 0 Å². The monoisotopic (exact) mass is 611 g/mol. The molecule has 1 aliphatic heterocycles. The molecule has 0 saturated carbocycles. The van der Waals surface area contributed by atoms with Crippen LogP contribution in [-0.2, 0) is 16.1 Å². The maximum Gasteiger partial charge on any atom is 0.338 e. The molecule has 1 aliphatic rings. The molecular formula is C34H30ClN3O4S. The van der Waals surface area contributed by atoms with Gasteiger partial charge >= 0.3 is 5.97 Å². The molecule has 0 spiro atoms. The fourth-order valence-corrected chi connectivity index (χ4v) is 6.13. The van der Waals surface area contributed by atoms with Gasteiger partial charge in [-0.1, -0.05) is 73.2 Å². The third-order valence-corrected chi connectivity index (χ3v) is 8.39. The zero-order valence-electron chi connectivity index (χ0n) is 24.3. The maximum absolute atomic E-state index is 14.1. The zero-order valence-corrected chi connectivity index (χ0v) is 25.8. The summed E-state index contributed by atoms with van der Waals surface area (Å²) < 4.78 is 13.5. The molecule has 9 heteroatoms. The molecule has 7 nitrogen and oxygen atoms in total. The van der Waals surface area contributed by atoms with Gasteiger partial charge in [0, 0.05) is 10.6 Å². The first kappa shape index (κ1) is 30.0. The summed E-state index contributed by atoms with van der Waals surface area (Å²) in [6, 6.07) is 21.8. The number of esters is 1. The Morgan fingerprint density at radius 1 is 1.14 bits per heavy atom. The van der Waals surface area contributed by atoms with Crippen LogP contribution in [0.15, 0.2) is 87.8 Å². The molecular weight excluding hydrogens is 582 g/mol. The van der Waals surface area contributed by atoms with Gasteiger partial charge in [0.25, 0.3) is 5.56 Å². The highest BCUT2D eigenvalue weighted by Gasteiger charge is 2.33. The molecule has 0 radical (unpaired) electrons. The Morgan fingerprint density at radius 3 is 2.51 bits per heavy atom. The lowest BCUT2D eigenvalue weighted by Crippen LogP contribution is -2.39. The summed E-state index contributed by atoms with van der Waals surface area (Å²) in [4.78, 5) is 32.4. The second-order valence-electron chi connectivity index (χ2n) is 10.4. The van der Waals surface area contributed by atoms with Gasteiger partial charge in [0.1, 0.15) is 12.4 Å². The predicted molar refractivity (Wildman–Crippen MR) is 168 cm³/mol. The molecule has 0 amide bonds. The number of rotatable bonds is 8. The average Bonchev–Trinajstić information content (AvgIpc) is 3.30. The fraction of sp³-hybridized carbons (Fsp3) is 0.235. The molecule has 4 aromatic rings. The Balaban J connectivity index is 1.59. The van der Waals surface area contributed by atoms with Crippen molar-refractivity contribution in [2.24, 2.45) is 4.99 Å². The number of aromatic nitrogens is 1. The van der Waals surface area contributed by atoms with E-state index >= 15 is 0 Å². The summed E-state index contributed by atoms with van der Waals surface area (Å²) in [5.74, 6) is 0.386. The number of benzene rings is 3. The summed E-state index contributed by atoms with van der Waals surface area (Å²) in [5, 5.41) is 9.55. The molecule has 218 valence electrons. The number of ether oxygens (including phenoxy) is 2. The third-order valence-electron chi connectivity index (χ3n) is 7.17. The number of allylic oxidation sites excluding steroid dienone is 1. The first-order chi connectivity index (χ1) is 20.7. The van der Waals surface area contributed by atoms with E-state index in [1.807, 2.05) is 36.4 Å². The minimum Gasteiger partial charge on any atom is -0.488 e. The molecule has 43 heavy (non-hydrogen) atoms. The van der Waals surface area contributed by atoms with Crippen molar-refractivity contribution in [1.29, 1.82) is 5.26 Å². The SMILES string of the molecule is CCOC(=O)C1=C(C)N=c2sc(=Cc3cc(Cl)ccc3OCc3ccc(C#N)cc3)c(=O)n2C1c1ccc(C(C)C)cc1. The van der Waals surface area contributed by atoms with Gasteiger partial charge in [-0.05, 0) is 72.9 Å². The molecule has 0 aliphatic carbocycles. The van der Waals surface area contributed by atoms with E-state index < -0.39 is 12.0 Å². The van der Waals surface area contributed by atoms with Crippen LogP contribution in [-0.4, -0.2) is 17.1 Å². The van der Waals surface area contributed by atoms with Crippen molar-refractivity contribution in [3.05, 3.63) is 131 Å². The van der Waals surface area contributed by atoms with Crippen molar-refractivity contribution in [1.82, 2.24) is 4.57 Å². The highest BCUT2D eigenvalue weighted by Crippen LogP contribution is 2.32. The van der Waals surface area contributed by atoms with Gasteiger partial charge in [-0.3, -0.25) is 9.36 Å². The molecule has 1 unspecified atom stereocenters. The minimum atomic E-state index is -0.690. The molecule has 5 rings (SSSR count). The number of hydrogen-bond acceptors (Lipinski definition) is 7. The number of hydrogen-bond donors (Lipinski definition) is 0. The Morgan fingerprint density at radius 2 is 1.86 bits per heavy atom. The van der Waals surface area contributed by atoms with E-state index in [0.717, 1.165) is 16.7 Å². The number of nitrogens with zero attached hydrogens (tertiary/aromatic N) is 3. The van der Waals surface area contributed by atoms with Crippen LogP contribution in [0.1, 0.15) is 67.5 Å². The Kier molecular flexibility index (Phi) is 8.95. The molecule has 0 fully saturated rings. The lowest BCUT2D eigenvalue weighted by atomic mass is 9.93. The zero-order chi connectivity index (χ0) is 30.7. The number of carbonyl (C=O) groups excluding carboxylic acids is 1. The van der Waals surface area contributed by atoms with Crippen LogP contribution < -0.4 is 19.6 Å². The first-order valence-electron chi connectivity index (χ1n) is 13.9. The molecule has 1 atom stereocenters. The summed E-state index contributed by atoms with van der Waals surface area (Å²) >= 11 is 7.59. The van der Waals surface area contributed by atoms with Crippen LogP contribution in [0.25, 0.3) is 6.08 Å². The van der Waals surface area contributed by atoms with E-state index in [1.165, 1.54) is 11.3 Å². The van der Waals surface area contributed by atoms with Crippen LogP contribution >= 0.6 is 22.9 Å². The summed E-state index contributed by atoms with van der Waals surface area (Å²) in [6.07, 6.45) is 1.74. The lowest BCUT2D eigenvalue weighted by molar-refractivity contribution is -0.139. The van der Waals surface area contributed by atoms with Gasteiger partial charge in [0.05, 0.1) is 40.1 Å². The van der Waals surface area contributed by atoms with E-state index in [9.17, 15) is 9.59 Å². The van der Waals surface area contributed by atoms with Gasteiger partial charge < -0.3 is 9.47 Å². The number of thiazole rings is 1. The predicted octanol–water partition coefficient (Wildman–Crippen LogP) is 6.03. The van der Waals surface area contributed by atoms with Crippen molar-refractivity contribution in [3.63, 3.8) is 0 Å². The van der Waals surface area contributed by atoms with Crippen molar-refractivity contribution in [2.45, 2.75) is 46.3 Å². The molecule has 0 N–H and O–H groups in total. The second kappa shape index (κ2) is 12.8. The Hall–Kier alpha value is -4.45. The molecule has 0 bridgehead atoms. The minimum absolute atomic E-state index is 0.207. The van der Waals surface area contributed by atoms with Gasteiger partial charge in [0.2, 0.25) is 0 Å². The average molecular weight is 612 g/mol. The maximum atomic E-state index is 14.1. The standard InChI is InChI=1S/C34H30ClN3O4S/c1-5-41-33(40)30-21(4)37-34-38(31(30)25-12-10-24(11-13-25)20(2)3)32(39)29(43-34)17-26-16-27(35)14-15-28(26)42-19-23-8-6-22(18-36)7-9-23/h6-17,20,31H,5,19H2,1-4H3. The summed E-state index contributed by atoms with van der Waals surface area (Å²) in [7, 11) is 0. The molecule has 1 aromatic heterocycles. The summed E-state index contributed by atoms with van der Waals surface area (Å²) in [6.45, 7) is 8.23. The molecule has 2 heterocycles. The van der Waals surface area contributed by atoms with Gasteiger partial charge in [-0.2, -0.15) is 5.26 Å². The fourth-order valence-electron chi connectivity index (χ4n) is 4.91. The largest absolute Gasteiger partial charge is 0.488 e. The van der Waals surface area contributed by atoms with Crippen molar-refractivity contribution < 1.29 is 14.3 Å². The normalized spacial score (nSPS) is 14.7. The van der Waals surface area contributed by atoms with Crippen LogP contribution in [0.2, 0.25) is 5.02 Å². The Bertz CT molecular complexity index is 1930. The molecule has 0 saturated heterocycles. The van der Waals surface area contributed by atoms with Crippen molar-refractivity contribution >= 4 is 35.0 Å². The first-order valence-corrected chi connectivity index (χ1v) is 15.1. The number of nitriles is 1. The van der Waals surface area contributed by atoms with Gasteiger partial charge in [-0.25, -0.2) is 9.79 Å². The van der Waals surface area contributed by atoms with E-state index in [-0.39, 0.29) is 18.8 Å². The van der Waals surface area contributed by atoms with E-state index in [0.29, 0.717) is 48.4 Å². The quantitative estimate of drug-likeness (QED) is 0.227. The number of fused-ring (bicyclic) bond motifs is 1. The van der Waals surface area contributed by atoms with Crippen molar-refractivity contribution in [3.8, 4) is 11.8 Å².